The maximum Gasteiger partial charge on any atom is 0.0839 e. The monoisotopic (exact) mass is 246 g/mol. The van der Waals surface area contributed by atoms with E-state index in [1.165, 1.54) is 6.42 Å². The number of hydrogen-bond donors (Lipinski definition) is 1. The van der Waals surface area contributed by atoms with Gasteiger partial charge in [0.15, 0.2) is 0 Å². The minimum atomic E-state index is -0.249. The van der Waals surface area contributed by atoms with Gasteiger partial charge in [0.05, 0.1) is 6.10 Å². The number of rotatable bonds is 2. The van der Waals surface area contributed by atoms with Crippen LogP contribution in [0.3, 0.4) is 0 Å². The van der Waals surface area contributed by atoms with Crippen LogP contribution in [-0.2, 0) is 0 Å². The molecular weight excluding hydrogens is 236 g/mol. The molecule has 66 valence electrons. The molecule has 1 aromatic heterocycles. The van der Waals surface area contributed by atoms with Crippen LogP contribution in [-0.4, -0.2) is 5.11 Å². The first-order valence-electron chi connectivity index (χ1n) is 4.10. The van der Waals surface area contributed by atoms with E-state index in [-0.39, 0.29) is 6.10 Å². The van der Waals surface area contributed by atoms with Crippen molar-refractivity contribution in [2.45, 2.75) is 19.4 Å². The van der Waals surface area contributed by atoms with E-state index in [9.17, 15) is 5.11 Å². The van der Waals surface area contributed by atoms with E-state index in [2.05, 4.69) is 22.9 Å². The summed E-state index contributed by atoms with van der Waals surface area (Å²) in [7, 11) is 0. The lowest BCUT2D eigenvalue weighted by Crippen LogP contribution is -1.99. The van der Waals surface area contributed by atoms with Gasteiger partial charge >= 0.3 is 0 Å². The molecule has 1 saturated carbocycles. The largest absolute Gasteiger partial charge is 0.388 e. The highest BCUT2D eigenvalue weighted by atomic mass is 79.9. The molecule has 1 aliphatic rings. The van der Waals surface area contributed by atoms with Crippen LogP contribution in [0.15, 0.2) is 15.2 Å². The molecule has 0 saturated heterocycles. The van der Waals surface area contributed by atoms with Crippen LogP contribution in [0.25, 0.3) is 0 Å². The summed E-state index contributed by atoms with van der Waals surface area (Å²) in [6.45, 7) is 2.19. The highest BCUT2D eigenvalue weighted by Crippen LogP contribution is 2.48. The molecule has 0 aromatic carbocycles. The van der Waals surface area contributed by atoms with Crippen LogP contribution in [0.1, 0.15) is 25.0 Å². The van der Waals surface area contributed by atoms with E-state index in [1.54, 1.807) is 11.3 Å². The summed E-state index contributed by atoms with van der Waals surface area (Å²) in [6, 6.07) is 0. The van der Waals surface area contributed by atoms with Crippen LogP contribution in [0, 0.1) is 11.8 Å². The average molecular weight is 247 g/mol. The smallest absolute Gasteiger partial charge is 0.0839 e. The molecule has 1 fully saturated rings. The molecule has 1 nitrogen and oxygen atoms in total. The van der Waals surface area contributed by atoms with Crippen molar-refractivity contribution in [3.63, 3.8) is 0 Å². The Bertz CT molecular complexity index is 284. The van der Waals surface area contributed by atoms with Crippen molar-refractivity contribution in [3.05, 3.63) is 20.8 Å². The van der Waals surface area contributed by atoms with Gasteiger partial charge in [-0.1, -0.05) is 6.92 Å². The predicted molar refractivity (Wildman–Crippen MR) is 54.2 cm³/mol. The Labute approximate surface area is 84.6 Å². The van der Waals surface area contributed by atoms with E-state index < -0.39 is 0 Å². The zero-order chi connectivity index (χ0) is 8.72. The Morgan fingerprint density at radius 1 is 1.67 bits per heavy atom. The lowest BCUT2D eigenvalue weighted by atomic mass is 10.1. The Morgan fingerprint density at radius 3 is 2.75 bits per heavy atom. The van der Waals surface area contributed by atoms with Gasteiger partial charge in [-0.25, -0.2) is 0 Å². The Kier molecular flexibility index (Phi) is 2.27. The molecule has 2 rings (SSSR count). The minimum absolute atomic E-state index is 0.249. The van der Waals surface area contributed by atoms with Crippen LogP contribution in [0.4, 0.5) is 0 Å². The summed E-state index contributed by atoms with van der Waals surface area (Å²) in [6.07, 6.45) is 0.921. The van der Waals surface area contributed by atoms with Gasteiger partial charge in [-0.3, -0.25) is 0 Å². The third-order valence-electron chi connectivity index (χ3n) is 2.54. The van der Waals surface area contributed by atoms with Crippen LogP contribution >= 0.6 is 27.3 Å². The van der Waals surface area contributed by atoms with Crippen molar-refractivity contribution < 1.29 is 5.11 Å². The number of aliphatic hydroxyl groups is 1. The zero-order valence-corrected chi connectivity index (χ0v) is 9.23. The first-order valence-corrected chi connectivity index (χ1v) is 5.83. The summed E-state index contributed by atoms with van der Waals surface area (Å²) in [5.41, 5.74) is 1.06. The highest BCUT2D eigenvalue weighted by molar-refractivity contribution is 9.10. The van der Waals surface area contributed by atoms with Gasteiger partial charge in [0, 0.05) is 15.4 Å². The first-order chi connectivity index (χ1) is 5.70. The van der Waals surface area contributed by atoms with Crippen LogP contribution in [0.5, 0.6) is 0 Å². The van der Waals surface area contributed by atoms with Gasteiger partial charge in [0.1, 0.15) is 0 Å². The fourth-order valence-corrected chi connectivity index (χ4v) is 3.08. The highest BCUT2D eigenvalue weighted by Gasteiger charge is 2.40. The van der Waals surface area contributed by atoms with Crippen molar-refractivity contribution in [2.75, 3.05) is 0 Å². The van der Waals surface area contributed by atoms with E-state index in [1.807, 2.05) is 10.8 Å². The normalized spacial score (nSPS) is 30.2. The molecule has 3 unspecified atom stereocenters. The van der Waals surface area contributed by atoms with E-state index in [4.69, 9.17) is 0 Å². The van der Waals surface area contributed by atoms with Crippen molar-refractivity contribution in [3.8, 4) is 0 Å². The van der Waals surface area contributed by atoms with Gasteiger partial charge in [-0.05, 0) is 39.6 Å². The second-order valence-electron chi connectivity index (χ2n) is 3.50. The molecule has 0 bridgehead atoms. The molecule has 0 aliphatic heterocycles. The molecule has 1 aromatic rings. The standard InChI is InChI=1S/C9H11BrOS/c1-5-2-6(5)9(11)7-3-12-4-8(7)10/h3-6,9,11H,2H2,1H3. The van der Waals surface area contributed by atoms with Crippen LogP contribution in [0.2, 0.25) is 0 Å². The quantitative estimate of drug-likeness (QED) is 0.850. The van der Waals surface area contributed by atoms with Gasteiger partial charge < -0.3 is 5.11 Å². The van der Waals surface area contributed by atoms with Gasteiger partial charge in [0.2, 0.25) is 0 Å². The molecular formula is C9H11BrOS. The summed E-state index contributed by atoms with van der Waals surface area (Å²) in [5.74, 6) is 1.20. The Morgan fingerprint density at radius 2 is 2.33 bits per heavy atom. The van der Waals surface area contributed by atoms with E-state index in [0.717, 1.165) is 10.0 Å². The lowest BCUT2D eigenvalue weighted by Gasteiger charge is -2.07. The topological polar surface area (TPSA) is 20.2 Å². The SMILES string of the molecule is CC1CC1C(O)c1cscc1Br. The number of halogens is 1. The second kappa shape index (κ2) is 3.13. The first kappa shape index (κ1) is 8.73. The maximum absolute atomic E-state index is 9.88. The fourth-order valence-electron chi connectivity index (χ4n) is 1.52. The fraction of sp³-hybridized carbons (Fsp3) is 0.556. The molecule has 1 N–H and O–H groups in total. The molecule has 0 radical (unpaired) electrons. The van der Waals surface area contributed by atoms with E-state index >= 15 is 0 Å². The molecule has 1 heterocycles. The average Bonchev–Trinajstić information content (AvgIpc) is 2.59. The molecule has 0 spiro atoms. The van der Waals surface area contributed by atoms with Gasteiger partial charge in [-0.2, -0.15) is 11.3 Å². The molecule has 1 aliphatic carbocycles. The van der Waals surface area contributed by atoms with Crippen molar-refractivity contribution in [1.82, 2.24) is 0 Å². The summed E-state index contributed by atoms with van der Waals surface area (Å²) < 4.78 is 1.05. The van der Waals surface area contributed by atoms with Gasteiger partial charge in [0.25, 0.3) is 0 Å². The van der Waals surface area contributed by atoms with E-state index in [0.29, 0.717) is 11.8 Å². The van der Waals surface area contributed by atoms with Crippen molar-refractivity contribution in [1.29, 1.82) is 0 Å². The second-order valence-corrected chi connectivity index (χ2v) is 5.09. The Balaban J connectivity index is 2.14. The third-order valence-corrected chi connectivity index (χ3v) is 4.29. The molecule has 3 heteroatoms. The summed E-state index contributed by atoms with van der Waals surface area (Å²) in [4.78, 5) is 0. The summed E-state index contributed by atoms with van der Waals surface area (Å²) >= 11 is 5.07. The molecule has 12 heavy (non-hydrogen) atoms. The number of thiophene rings is 1. The summed E-state index contributed by atoms with van der Waals surface area (Å²) in [5, 5.41) is 13.9. The molecule has 0 amide bonds. The molecule has 3 atom stereocenters. The zero-order valence-electron chi connectivity index (χ0n) is 6.83. The number of aliphatic hydroxyl groups excluding tert-OH is 1. The van der Waals surface area contributed by atoms with Crippen molar-refractivity contribution >= 4 is 27.3 Å². The Hall–Kier alpha value is 0.140. The third kappa shape index (κ3) is 1.45. The predicted octanol–water partition coefficient (Wildman–Crippen LogP) is 3.20. The minimum Gasteiger partial charge on any atom is -0.388 e. The maximum atomic E-state index is 9.88. The van der Waals surface area contributed by atoms with Gasteiger partial charge in [-0.15, -0.1) is 0 Å². The van der Waals surface area contributed by atoms with Crippen LogP contribution < -0.4 is 0 Å². The number of hydrogen-bond acceptors (Lipinski definition) is 2. The lowest BCUT2D eigenvalue weighted by molar-refractivity contribution is 0.148. The van der Waals surface area contributed by atoms with Crippen molar-refractivity contribution in [2.24, 2.45) is 11.8 Å².